The van der Waals surface area contributed by atoms with E-state index in [2.05, 4.69) is 47.6 Å². The van der Waals surface area contributed by atoms with Crippen molar-refractivity contribution in [3.8, 4) is 11.5 Å². The van der Waals surface area contributed by atoms with Crippen LogP contribution in [0.5, 0.6) is 11.5 Å². The molecule has 2 aromatic carbocycles. The van der Waals surface area contributed by atoms with E-state index in [1.54, 1.807) is 11.8 Å². The Bertz CT molecular complexity index is 871. The van der Waals surface area contributed by atoms with Crippen molar-refractivity contribution in [3.63, 3.8) is 0 Å². The van der Waals surface area contributed by atoms with Crippen LogP contribution in [0.2, 0.25) is 0 Å². The number of thioether (sulfide) groups is 1. The van der Waals surface area contributed by atoms with Crippen molar-refractivity contribution in [3.05, 3.63) is 53.6 Å². The van der Waals surface area contributed by atoms with Crippen LogP contribution in [0.3, 0.4) is 0 Å². The molecular weight excluding hydrogens is 396 g/mol. The lowest BCUT2D eigenvalue weighted by Crippen LogP contribution is -2.37. The van der Waals surface area contributed by atoms with E-state index in [9.17, 15) is 4.79 Å². The number of likely N-dealkylation sites (tertiary alicyclic amines) is 1. The lowest BCUT2D eigenvalue weighted by Gasteiger charge is -2.27. The molecule has 1 saturated heterocycles. The Hall–Kier alpha value is -2.18. The zero-order valence-electron chi connectivity index (χ0n) is 17.8. The molecule has 5 nitrogen and oxygen atoms in total. The maximum absolute atomic E-state index is 12.9. The van der Waals surface area contributed by atoms with Gasteiger partial charge in [-0.2, -0.15) is 0 Å². The van der Waals surface area contributed by atoms with Gasteiger partial charge in [-0.15, -0.1) is 11.8 Å². The Balaban J connectivity index is 1.39. The number of hydrogen-bond donors (Lipinski definition) is 0. The van der Waals surface area contributed by atoms with Crippen LogP contribution in [0.15, 0.2) is 47.4 Å². The first-order valence-corrected chi connectivity index (χ1v) is 11.9. The molecule has 1 amide bonds. The molecule has 0 aliphatic carbocycles. The molecule has 0 radical (unpaired) electrons. The Kier molecular flexibility index (Phi) is 6.85. The average molecular weight is 427 g/mol. The van der Waals surface area contributed by atoms with Gasteiger partial charge < -0.3 is 14.4 Å². The molecule has 0 unspecified atom stereocenters. The number of carbonyl (C=O) groups excluding carboxylic acids is 1. The fourth-order valence-corrected chi connectivity index (χ4v) is 4.58. The second-order valence-electron chi connectivity index (χ2n) is 7.98. The quantitative estimate of drug-likeness (QED) is 0.642. The molecule has 2 aliphatic heterocycles. The van der Waals surface area contributed by atoms with E-state index in [1.807, 2.05) is 18.0 Å². The van der Waals surface area contributed by atoms with E-state index in [0.29, 0.717) is 26.3 Å². The first-order valence-electron chi connectivity index (χ1n) is 10.6. The third-order valence-corrected chi connectivity index (χ3v) is 6.61. The number of ether oxygens (including phenoxy) is 2. The number of hydrogen-bond acceptors (Lipinski definition) is 5. The van der Waals surface area contributed by atoms with E-state index in [1.165, 1.54) is 10.5 Å². The molecule has 6 heteroatoms. The molecule has 1 fully saturated rings. The van der Waals surface area contributed by atoms with E-state index in [0.717, 1.165) is 42.9 Å². The summed E-state index contributed by atoms with van der Waals surface area (Å²) in [5.41, 5.74) is 2.37. The maximum Gasteiger partial charge on any atom is 0.236 e. The maximum atomic E-state index is 12.9. The predicted octanol–water partition coefficient (Wildman–Crippen LogP) is 4.37. The van der Waals surface area contributed by atoms with Crippen LogP contribution in [-0.2, 0) is 11.3 Å². The van der Waals surface area contributed by atoms with Crippen LogP contribution in [0.25, 0.3) is 0 Å². The number of benzene rings is 2. The van der Waals surface area contributed by atoms with Crippen LogP contribution >= 0.6 is 11.8 Å². The third kappa shape index (κ3) is 4.93. The summed E-state index contributed by atoms with van der Waals surface area (Å²) in [6.07, 6.45) is 5.14. The lowest BCUT2D eigenvalue weighted by atomic mass is 10.0. The van der Waals surface area contributed by atoms with Gasteiger partial charge in [-0.1, -0.05) is 18.2 Å². The number of rotatable bonds is 6. The van der Waals surface area contributed by atoms with Gasteiger partial charge in [-0.3, -0.25) is 9.69 Å². The van der Waals surface area contributed by atoms with Crippen molar-refractivity contribution in [1.82, 2.24) is 9.80 Å². The zero-order chi connectivity index (χ0) is 20.9. The van der Waals surface area contributed by atoms with Crippen molar-refractivity contribution < 1.29 is 14.3 Å². The number of nitrogens with zero attached hydrogens (tertiary/aromatic N) is 2. The molecule has 0 N–H and O–H groups in total. The second-order valence-corrected chi connectivity index (χ2v) is 8.86. The molecule has 0 bridgehead atoms. The minimum absolute atomic E-state index is 0.158. The van der Waals surface area contributed by atoms with E-state index in [-0.39, 0.29) is 11.9 Å². The van der Waals surface area contributed by atoms with Gasteiger partial charge in [0, 0.05) is 31.0 Å². The van der Waals surface area contributed by atoms with Crippen molar-refractivity contribution in [2.75, 3.05) is 39.6 Å². The van der Waals surface area contributed by atoms with Gasteiger partial charge in [-0.05, 0) is 61.0 Å². The van der Waals surface area contributed by atoms with E-state index < -0.39 is 0 Å². The highest BCUT2D eigenvalue weighted by atomic mass is 32.2. The third-order valence-electron chi connectivity index (χ3n) is 5.86. The fourth-order valence-electron chi connectivity index (χ4n) is 4.17. The van der Waals surface area contributed by atoms with Crippen LogP contribution in [0.1, 0.15) is 36.4 Å². The Morgan fingerprint density at radius 3 is 2.63 bits per heavy atom. The molecule has 1 atom stereocenters. The van der Waals surface area contributed by atoms with Crippen LogP contribution < -0.4 is 9.47 Å². The van der Waals surface area contributed by atoms with Gasteiger partial charge in [0.1, 0.15) is 0 Å². The average Bonchev–Trinajstić information content (AvgIpc) is 3.09. The topological polar surface area (TPSA) is 42.0 Å². The summed E-state index contributed by atoms with van der Waals surface area (Å²) in [6.45, 7) is 3.41. The number of fused-ring (bicyclic) bond motifs is 1. The van der Waals surface area contributed by atoms with Crippen LogP contribution in [0, 0.1) is 0 Å². The first-order chi connectivity index (χ1) is 14.6. The molecule has 2 heterocycles. The summed E-state index contributed by atoms with van der Waals surface area (Å²) in [7, 11) is 1.89. The molecule has 0 spiro atoms. The summed E-state index contributed by atoms with van der Waals surface area (Å²) in [5, 5.41) is 0. The largest absolute Gasteiger partial charge is 0.490 e. The molecule has 2 aromatic rings. The highest BCUT2D eigenvalue weighted by Gasteiger charge is 2.29. The van der Waals surface area contributed by atoms with Gasteiger partial charge in [0.15, 0.2) is 11.5 Å². The van der Waals surface area contributed by atoms with E-state index in [4.69, 9.17) is 9.47 Å². The number of likely N-dealkylation sites (N-methyl/N-ethyl adjacent to an activating group) is 1. The summed E-state index contributed by atoms with van der Waals surface area (Å²) in [6, 6.07) is 14.9. The minimum Gasteiger partial charge on any atom is -0.490 e. The highest BCUT2D eigenvalue weighted by Crippen LogP contribution is 2.37. The SMILES string of the molecule is CSc1ccc(CN(C)C(=O)CN2CCC[C@H]2c2ccc3c(c2)OCCCO3)cc1. The Morgan fingerprint density at radius 2 is 1.87 bits per heavy atom. The fraction of sp³-hybridized carbons (Fsp3) is 0.458. The van der Waals surface area contributed by atoms with Crippen molar-refractivity contribution in [2.45, 2.75) is 36.7 Å². The monoisotopic (exact) mass is 426 g/mol. The van der Waals surface area contributed by atoms with Crippen LogP contribution in [-0.4, -0.2) is 55.3 Å². The molecule has 2 aliphatic rings. The zero-order valence-corrected chi connectivity index (χ0v) is 18.6. The molecule has 0 aromatic heterocycles. The van der Waals surface area contributed by atoms with Gasteiger partial charge in [0.2, 0.25) is 5.91 Å². The molecule has 0 saturated carbocycles. The highest BCUT2D eigenvalue weighted by molar-refractivity contribution is 7.98. The summed E-state index contributed by atoms with van der Waals surface area (Å²) >= 11 is 1.73. The summed E-state index contributed by atoms with van der Waals surface area (Å²) in [5.74, 6) is 1.81. The number of carbonyl (C=O) groups is 1. The molecule has 160 valence electrons. The minimum atomic E-state index is 0.158. The second kappa shape index (κ2) is 9.75. The van der Waals surface area contributed by atoms with Gasteiger partial charge in [0.25, 0.3) is 0 Å². The van der Waals surface area contributed by atoms with Crippen molar-refractivity contribution in [1.29, 1.82) is 0 Å². The summed E-state index contributed by atoms with van der Waals surface area (Å²) in [4.78, 5) is 18.3. The van der Waals surface area contributed by atoms with Gasteiger partial charge in [-0.25, -0.2) is 0 Å². The molecule has 4 rings (SSSR count). The summed E-state index contributed by atoms with van der Waals surface area (Å²) < 4.78 is 11.6. The molecule has 30 heavy (non-hydrogen) atoms. The molecular formula is C24H30N2O3S. The standard InChI is InChI=1S/C24H30N2O3S/c1-25(16-18-6-9-20(30-2)10-7-18)24(27)17-26-12-3-5-21(26)19-8-11-22-23(15-19)29-14-4-13-28-22/h6-11,15,21H,3-5,12-14,16-17H2,1-2H3/t21-/m0/s1. The predicted molar refractivity (Wildman–Crippen MR) is 120 cm³/mol. The van der Waals surface area contributed by atoms with Crippen molar-refractivity contribution >= 4 is 17.7 Å². The number of amides is 1. The van der Waals surface area contributed by atoms with Gasteiger partial charge in [0.05, 0.1) is 19.8 Å². The van der Waals surface area contributed by atoms with Crippen LogP contribution in [0.4, 0.5) is 0 Å². The Morgan fingerprint density at radius 1 is 1.10 bits per heavy atom. The van der Waals surface area contributed by atoms with E-state index >= 15 is 0 Å². The lowest BCUT2D eigenvalue weighted by molar-refractivity contribution is -0.131. The Labute approximate surface area is 183 Å². The van der Waals surface area contributed by atoms with Crippen molar-refractivity contribution in [2.24, 2.45) is 0 Å². The normalized spacial score (nSPS) is 18.8. The first kappa shape index (κ1) is 21.1. The van der Waals surface area contributed by atoms with Gasteiger partial charge >= 0.3 is 0 Å². The smallest absolute Gasteiger partial charge is 0.236 e.